The van der Waals surface area contributed by atoms with Crippen molar-refractivity contribution in [3.63, 3.8) is 0 Å². The molecule has 1 atom stereocenters. The lowest BCUT2D eigenvalue weighted by molar-refractivity contribution is 0.238. The van der Waals surface area contributed by atoms with Crippen molar-refractivity contribution in [1.82, 2.24) is 0 Å². The fraction of sp³-hybridized carbons (Fsp3) is 0.667. The van der Waals surface area contributed by atoms with Crippen LogP contribution in [0.1, 0.15) is 13.8 Å². The second-order valence-corrected chi connectivity index (χ2v) is 2.50. The molecule has 1 rings (SSSR count). The molecule has 0 aromatic carbocycles. The highest BCUT2D eigenvalue weighted by Gasteiger charge is 2.23. The number of allylic oxidation sites excluding steroid dienone is 1. The van der Waals surface area contributed by atoms with Crippen LogP contribution in [0.3, 0.4) is 0 Å². The van der Waals surface area contributed by atoms with E-state index in [9.17, 15) is 0 Å². The Kier molecular flexibility index (Phi) is 1.37. The molecule has 1 heterocycles. The Morgan fingerprint density at radius 2 is 2.44 bits per heavy atom. The molecular weight excluding hydrogens is 116 g/mol. The molecule has 0 aromatic heterocycles. The molecule has 0 spiro atoms. The highest BCUT2D eigenvalue weighted by atomic mass is 16.3. The van der Waals surface area contributed by atoms with E-state index in [2.05, 4.69) is 10.2 Å². The number of aliphatic hydroxyl groups excluding tert-OH is 1. The van der Waals surface area contributed by atoms with Crippen molar-refractivity contribution >= 4 is 0 Å². The first kappa shape index (κ1) is 6.42. The summed E-state index contributed by atoms with van der Waals surface area (Å²) in [6.07, 6.45) is 1.85. The van der Waals surface area contributed by atoms with Crippen LogP contribution in [0.2, 0.25) is 0 Å². The van der Waals surface area contributed by atoms with Gasteiger partial charge in [0.1, 0.15) is 5.54 Å². The molecule has 1 unspecified atom stereocenters. The maximum atomic E-state index is 8.74. The molecule has 3 nitrogen and oxygen atoms in total. The maximum absolute atomic E-state index is 8.74. The largest absolute Gasteiger partial charge is 0.393 e. The SMILES string of the molecule is CC1=CC(C)(CO)N=N1. The lowest BCUT2D eigenvalue weighted by Crippen LogP contribution is -2.21. The van der Waals surface area contributed by atoms with Crippen LogP contribution in [-0.2, 0) is 0 Å². The molecule has 0 aromatic rings. The maximum Gasteiger partial charge on any atom is 0.122 e. The van der Waals surface area contributed by atoms with Crippen molar-refractivity contribution in [2.45, 2.75) is 19.4 Å². The Labute approximate surface area is 54.1 Å². The van der Waals surface area contributed by atoms with Crippen molar-refractivity contribution in [3.8, 4) is 0 Å². The molecule has 0 radical (unpaired) electrons. The fourth-order valence-electron chi connectivity index (χ4n) is 0.778. The van der Waals surface area contributed by atoms with Gasteiger partial charge >= 0.3 is 0 Å². The predicted molar refractivity (Wildman–Crippen MR) is 34.1 cm³/mol. The summed E-state index contributed by atoms with van der Waals surface area (Å²) in [6.45, 7) is 3.74. The normalized spacial score (nSPS) is 33.0. The van der Waals surface area contributed by atoms with E-state index in [1.807, 2.05) is 19.9 Å². The van der Waals surface area contributed by atoms with Gasteiger partial charge < -0.3 is 5.11 Å². The summed E-state index contributed by atoms with van der Waals surface area (Å²) in [5.41, 5.74) is 0.441. The van der Waals surface area contributed by atoms with E-state index in [1.54, 1.807) is 0 Å². The molecule has 0 aliphatic carbocycles. The van der Waals surface area contributed by atoms with Crippen molar-refractivity contribution in [2.75, 3.05) is 6.61 Å². The van der Waals surface area contributed by atoms with Gasteiger partial charge in [-0.1, -0.05) is 0 Å². The van der Waals surface area contributed by atoms with Gasteiger partial charge in [0.2, 0.25) is 0 Å². The zero-order chi connectivity index (χ0) is 6.91. The highest BCUT2D eigenvalue weighted by molar-refractivity contribution is 5.14. The van der Waals surface area contributed by atoms with Crippen molar-refractivity contribution in [2.24, 2.45) is 10.2 Å². The van der Waals surface area contributed by atoms with Crippen LogP contribution in [0.25, 0.3) is 0 Å². The van der Waals surface area contributed by atoms with E-state index >= 15 is 0 Å². The summed E-state index contributed by atoms with van der Waals surface area (Å²) in [7, 11) is 0. The van der Waals surface area contributed by atoms with Crippen LogP contribution in [0, 0.1) is 0 Å². The number of rotatable bonds is 1. The molecular formula is C6H10N2O. The molecule has 1 N–H and O–H groups in total. The third-order valence-electron chi connectivity index (χ3n) is 1.28. The van der Waals surface area contributed by atoms with E-state index in [0.717, 1.165) is 5.70 Å². The first-order valence-corrected chi connectivity index (χ1v) is 2.89. The first-order valence-electron chi connectivity index (χ1n) is 2.89. The molecule has 1 aliphatic heterocycles. The van der Waals surface area contributed by atoms with Gasteiger partial charge in [0.15, 0.2) is 0 Å². The van der Waals surface area contributed by atoms with Gasteiger partial charge in [0, 0.05) is 0 Å². The molecule has 0 bridgehead atoms. The van der Waals surface area contributed by atoms with Crippen LogP contribution < -0.4 is 0 Å². The van der Waals surface area contributed by atoms with E-state index < -0.39 is 5.54 Å². The number of hydrogen-bond acceptors (Lipinski definition) is 3. The van der Waals surface area contributed by atoms with Gasteiger partial charge in [-0.15, -0.1) is 0 Å². The number of aliphatic hydroxyl groups is 1. The van der Waals surface area contributed by atoms with Gasteiger partial charge in [-0.2, -0.15) is 10.2 Å². The quantitative estimate of drug-likeness (QED) is 0.562. The zero-order valence-electron chi connectivity index (χ0n) is 5.63. The zero-order valence-corrected chi connectivity index (χ0v) is 5.63. The van der Waals surface area contributed by atoms with Crippen LogP contribution in [0.15, 0.2) is 22.0 Å². The third-order valence-corrected chi connectivity index (χ3v) is 1.28. The van der Waals surface area contributed by atoms with Gasteiger partial charge in [0.05, 0.1) is 12.3 Å². The van der Waals surface area contributed by atoms with E-state index in [1.165, 1.54) is 0 Å². The smallest absolute Gasteiger partial charge is 0.122 e. The Morgan fingerprint density at radius 1 is 1.78 bits per heavy atom. The van der Waals surface area contributed by atoms with Crippen LogP contribution >= 0.6 is 0 Å². The Bertz CT molecular complexity index is 174. The summed E-state index contributed by atoms with van der Waals surface area (Å²) in [5, 5.41) is 16.4. The lowest BCUT2D eigenvalue weighted by Gasteiger charge is -2.10. The average Bonchev–Trinajstić information content (AvgIpc) is 2.13. The van der Waals surface area contributed by atoms with Crippen LogP contribution in [-0.4, -0.2) is 17.3 Å². The van der Waals surface area contributed by atoms with E-state index in [4.69, 9.17) is 5.11 Å². The summed E-state index contributed by atoms with van der Waals surface area (Å²) < 4.78 is 0. The minimum absolute atomic E-state index is 0.0356. The second-order valence-electron chi connectivity index (χ2n) is 2.50. The van der Waals surface area contributed by atoms with Gasteiger partial charge in [-0.3, -0.25) is 0 Å². The summed E-state index contributed by atoms with van der Waals surface area (Å²) in [6, 6.07) is 0. The Morgan fingerprint density at radius 3 is 2.67 bits per heavy atom. The third kappa shape index (κ3) is 1.16. The number of hydrogen-bond donors (Lipinski definition) is 1. The fourth-order valence-corrected chi connectivity index (χ4v) is 0.778. The monoisotopic (exact) mass is 126 g/mol. The van der Waals surface area contributed by atoms with Gasteiger partial charge in [-0.05, 0) is 19.9 Å². The molecule has 0 saturated carbocycles. The minimum Gasteiger partial charge on any atom is -0.393 e. The van der Waals surface area contributed by atoms with Crippen molar-refractivity contribution < 1.29 is 5.11 Å². The molecule has 50 valence electrons. The van der Waals surface area contributed by atoms with Crippen molar-refractivity contribution in [3.05, 3.63) is 11.8 Å². The standard InChI is InChI=1S/C6H10N2O/c1-5-3-6(2,4-9)8-7-5/h3,9H,4H2,1-2H3. The van der Waals surface area contributed by atoms with Crippen molar-refractivity contribution in [1.29, 1.82) is 0 Å². The molecule has 9 heavy (non-hydrogen) atoms. The number of azo groups is 1. The van der Waals surface area contributed by atoms with E-state index in [0.29, 0.717) is 0 Å². The average molecular weight is 126 g/mol. The Balaban J connectivity index is 2.78. The highest BCUT2D eigenvalue weighted by Crippen LogP contribution is 2.21. The molecule has 0 amide bonds. The molecule has 0 saturated heterocycles. The Hall–Kier alpha value is -0.700. The van der Waals surface area contributed by atoms with Crippen LogP contribution in [0.5, 0.6) is 0 Å². The second kappa shape index (κ2) is 1.92. The number of nitrogens with zero attached hydrogens (tertiary/aromatic N) is 2. The molecule has 0 fully saturated rings. The van der Waals surface area contributed by atoms with E-state index in [-0.39, 0.29) is 6.61 Å². The topological polar surface area (TPSA) is 45.0 Å². The molecule has 1 aliphatic rings. The minimum atomic E-state index is -0.440. The summed E-state index contributed by atoms with van der Waals surface area (Å²) in [4.78, 5) is 0. The molecule has 3 heteroatoms. The van der Waals surface area contributed by atoms with Crippen LogP contribution in [0.4, 0.5) is 0 Å². The predicted octanol–water partition coefficient (Wildman–Crippen LogP) is 1.11. The summed E-state index contributed by atoms with van der Waals surface area (Å²) >= 11 is 0. The van der Waals surface area contributed by atoms with Gasteiger partial charge in [0.25, 0.3) is 0 Å². The lowest BCUT2D eigenvalue weighted by atomic mass is 10.1. The summed E-state index contributed by atoms with van der Waals surface area (Å²) in [5.74, 6) is 0. The van der Waals surface area contributed by atoms with Gasteiger partial charge in [-0.25, -0.2) is 0 Å². The first-order chi connectivity index (χ1) is 4.16.